The van der Waals surface area contributed by atoms with Crippen LogP contribution in [0.3, 0.4) is 0 Å². The molecule has 1 aliphatic heterocycles. The average molecular weight is 441 g/mol. The summed E-state index contributed by atoms with van der Waals surface area (Å²) in [4.78, 5) is 20.2. The number of nitrogens with two attached hydrogens (primary N) is 1. The summed E-state index contributed by atoms with van der Waals surface area (Å²) in [6.45, 7) is 2.17. The minimum atomic E-state index is -0.573. The molecule has 0 radical (unpaired) electrons. The SMILES string of the molecule is CCOC(=O)c1cnc(SCc2cc(F)cc3c2OC(c2ccccc2)OC3)nc1N. The van der Waals surface area contributed by atoms with Crippen LogP contribution in [0.2, 0.25) is 0 Å². The van der Waals surface area contributed by atoms with Gasteiger partial charge in [0.2, 0.25) is 6.29 Å². The molecule has 0 amide bonds. The van der Waals surface area contributed by atoms with Gasteiger partial charge in [-0.1, -0.05) is 42.1 Å². The van der Waals surface area contributed by atoms with Crippen molar-refractivity contribution in [2.75, 3.05) is 12.3 Å². The van der Waals surface area contributed by atoms with Gasteiger partial charge in [-0.15, -0.1) is 0 Å². The first-order valence-corrected chi connectivity index (χ1v) is 10.6. The van der Waals surface area contributed by atoms with Crippen LogP contribution >= 0.6 is 11.8 Å². The van der Waals surface area contributed by atoms with E-state index in [1.54, 1.807) is 6.92 Å². The third-order valence-corrected chi connectivity index (χ3v) is 5.45. The Bertz CT molecular complexity index is 1100. The zero-order valence-electron chi connectivity index (χ0n) is 16.7. The lowest BCUT2D eigenvalue weighted by Gasteiger charge is -2.28. The van der Waals surface area contributed by atoms with E-state index >= 15 is 0 Å². The van der Waals surface area contributed by atoms with Crippen molar-refractivity contribution in [2.45, 2.75) is 30.7 Å². The summed E-state index contributed by atoms with van der Waals surface area (Å²) < 4.78 is 30.9. The van der Waals surface area contributed by atoms with E-state index in [1.807, 2.05) is 30.3 Å². The summed E-state index contributed by atoms with van der Waals surface area (Å²) in [5.41, 5.74) is 8.15. The zero-order chi connectivity index (χ0) is 21.8. The Morgan fingerprint density at radius 3 is 2.87 bits per heavy atom. The Morgan fingerprint density at radius 1 is 1.32 bits per heavy atom. The topological polar surface area (TPSA) is 96.6 Å². The molecule has 3 aromatic rings. The summed E-state index contributed by atoms with van der Waals surface area (Å²) in [6, 6.07) is 12.4. The zero-order valence-corrected chi connectivity index (χ0v) is 17.5. The summed E-state index contributed by atoms with van der Waals surface area (Å²) in [7, 11) is 0. The molecule has 0 aliphatic carbocycles. The fraction of sp³-hybridized carbons (Fsp3) is 0.227. The van der Waals surface area contributed by atoms with Crippen molar-refractivity contribution in [1.29, 1.82) is 0 Å². The monoisotopic (exact) mass is 441 g/mol. The van der Waals surface area contributed by atoms with E-state index in [2.05, 4.69) is 9.97 Å². The number of hydrogen-bond acceptors (Lipinski definition) is 8. The highest BCUT2D eigenvalue weighted by Crippen LogP contribution is 2.38. The van der Waals surface area contributed by atoms with Crippen molar-refractivity contribution in [3.63, 3.8) is 0 Å². The van der Waals surface area contributed by atoms with E-state index in [0.717, 1.165) is 5.56 Å². The highest BCUT2D eigenvalue weighted by atomic mass is 32.2. The maximum absolute atomic E-state index is 14.2. The molecule has 0 bridgehead atoms. The Morgan fingerprint density at radius 2 is 2.13 bits per heavy atom. The predicted octanol–water partition coefficient (Wildman–Crippen LogP) is 4.27. The Balaban J connectivity index is 1.53. The highest BCUT2D eigenvalue weighted by molar-refractivity contribution is 7.98. The maximum atomic E-state index is 14.2. The largest absolute Gasteiger partial charge is 0.462 e. The van der Waals surface area contributed by atoms with Crippen LogP contribution in [0.15, 0.2) is 53.8 Å². The van der Waals surface area contributed by atoms with Crippen LogP contribution in [0, 0.1) is 5.82 Å². The van der Waals surface area contributed by atoms with Gasteiger partial charge in [-0.25, -0.2) is 19.2 Å². The first-order valence-electron chi connectivity index (χ1n) is 9.62. The molecule has 2 heterocycles. The Kier molecular flexibility index (Phi) is 6.34. The predicted molar refractivity (Wildman–Crippen MR) is 113 cm³/mol. The number of anilines is 1. The first-order chi connectivity index (χ1) is 15.0. The van der Waals surface area contributed by atoms with Gasteiger partial charge >= 0.3 is 5.97 Å². The number of esters is 1. The van der Waals surface area contributed by atoms with Gasteiger partial charge in [0.05, 0.1) is 13.2 Å². The molecule has 4 rings (SSSR count). The van der Waals surface area contributed by atoms with Crippen LogP contribution < -0.4 is 10.5 Å². The minimum Gasteiger partial charge on any atom is -0.462 e. The second-order valence-corrected chi connectivity index (χ2v) is 7.63. The van der Waals surface area contributed by atoms with E-state index in [1.165, 1.54) is 30.1 Å². The van der Waals surface area contributed by atoms with Gasteiger partial charge in [0.1, 0.15) is 22.9 Å². The fourth-order valence-corrected chi connectivity index (χ4v) is 3.90. The third-order valence-electron chi connectivity index (χ3n) is 4.54. The van der Waals surface area contributed by atoms with Crippen molar-refractivity contribution < 1.29 is 23.4 Å². The number of ether oxygens (including phenoxy) is 3. The van der Waals surface area contributed by atoms with E-state index in [-0.39, 0.29) is 30.4 Å². The number of rotatable bonds is 6. The molecule has 2 aromatic carbocycles. The number of nitrogen functional groups attached to an aromatic ring is 1. The lowest BCUT2D eigenvalue weighted by Crippen LogP contribution is -2.19. The van der Waals surface area contributed by atoms with Gasteiger partial charge < -0.3 is 19.9 Å². The van der Waals surface area contributed by atoms with Gasteiger partial charge in [-0.3, -0.25) is 0 Å². The molecular weight excluding hydrogens is 421 g/mol. The number of hydrogen-bond donors (Lipinski definition) is 1. The summed E-state index contributed by atoms with van der Waals surface area (Å²) >= 11 is 1.26. The van der Waals surface area contributed by atoms with Crippen LogP contribution in [0.25, 0.3) is 0 Å². The van der Waals surface area contributed by atoms with E-state index in [4.69, 9.17) is 19.9 Å². The van der Waals surface area contributed by atoms with Crippen molar-refractivity contribution in [1.82, 2.24) is 9.97 Å². The van der Waals surface area contributed by atoms with Crippen LogP contribution in [0.1, 0.15) is 40.3 Å². The van der Waals surface area contributed by atoms with Crippen molar-refractivity contribution in [3.8, 4) is 5.75 Å². The van der Waals surface area contributed by atoms with Gasteiger partial charge in [0.25, 0.3) is 0 Å². The van der Waals surface area contributed by atoms with Crippen LogP contribution in [-0.2, 0) is 21.8 Å². The standard InChI is InChI=1S/C22H20FN3O4S/c1-2-28-20(27)17-10-25-22(26-19(17)24)31-12-15-9-16(23)8-14-11-29-21(30-18(14)15)13-6-4-3-5-7-13/h3-10,21H,2,11-12H2,1H3,(H2,24,25,26). The molecule has 1 atom stereocenters. The summed E-state index contributed by atoms with van der Waals surface area (Å²) in [6.07, 6.45) is 0.762. The van der Waals surface area contributed by atoms with Crippen molar-refractivity contribution in [2.24, 2.45) is 0 Å². The molecule has 1 aliphatic rings. The molecule has 7 nitrogen and oxygen atoms in total. The molecule has 1 unspecified atom stereocenters. The quantitative estimate of drug-likeness (QED) is 0.344. The maximum Gasteiger partial charge on any atom is 0.343 e. The fourth-order valence-electron chi connectivity index (χ4n) is 3.11. The number of thioether (sulfide) groups is 1. The van der Waals surface area contributed by atoms with E-state index in [0.29, 0.717) is 27.8 Å². The number of fused-ring (bicyclic) bond motifs is 1. The summed E-state index contributed by atoms with van der Waals surface area (Å²) in [5, 5.41) is 0.357. The van der Waals surface area contributed by atoms with Gasteiger partial charge in [-0.05, 0) is 19.1 Å². The van der Waals surface area contributed by atoms with E-state index < -0.39 is 12.3 Å². The lowest BCUT2D eigenvalue weighted by atomic mass is 10.1. The minimum absolute atomic E-state index is 0.0333. The number of aromatic nitrogens is 2. The number of carbonyl (C=O) groups is 1. The van der Waals surface area contributed by atoms with Crippen LogP contribution in [-0.4, -0.2) is 22.5 Å². The number of halogens is 1. The Labute approximate surface area is 182 Å². The second-order valence-electron chi connectivity index (χ2n) is 6.69. The second kappa shape index (κ2) is 9.32. The first kappa shape index (κ1) is 21.1. The van der Waals surface area contributed by atoms with Crippen molar-refractivity contribution in [3.05, 3.63) is 76.7 Å². The van der Waals surface area contributed by atoms with Crippen LogP contribution in [0.5, 0.6) is 5.75 Å². The van der Waals surface area contributed by atoms with Crippen molar-refractivity contribution >= 4 is 23.5 Å². The molecule has 31 heavy (non-hydrogen) atoms. The highest BCUT2D eigenvalue weighted by Gasteiger charge is 2.25. The van der Waals surface area contributed by atoms with Gasteiger partial charge in [-0.2, -0.15) is 0 Å². The molecule has 160 valence electrons. The molecule has 0 fully saturated rings. The van der Waals surface area contributed by atoms with E-state index in [9.17, 15) is 9.18 Å². The molecule has 0 saturated carbocycles. The van der Waals surface area contributed by atoms with Crippen LogP contribution in [0.4, 0.5) is 10.2 Å². The Hall–Kier alpha value is -3.17. The third kappa shape index (κ3) is 4.78. The smallest absolute Gasteiger partial charge is 0.343 e. The lowest BCUT2D eigenvalue weighted by molar-refractivity contribution is -0.112. The average Bonchev–Trinajstić information content (AvgIpc) is 2.78. The number of benzene rings is 2. The molecule has 0 saturated heterocycles. The summed E-state index contributed by atoms with van der Waals surface area (Å²) in [5.74, 6) is 0.0184. The normalized spacial score (nSPS) is 15.1. The molecular formula is C22H20FN3O4S. The molecule has 1 aromatic heterocycles. The number of carbonyl (C=O) groups excluding carboxylic acids is 1. The van der Waals surface area contributed by atoms with Gasteiger partial charge in [0, 0.05) is 28.6 Å². The molecule has 0 spiro atoms. The number of nitrogens with zero attached hydrogens (tertiary/aromatic N) is 2. The van der Waals surface area contributed by atoms with Gasteiger partial charge in [0.15, 0.2) is 5.16 Å². The molecule has 9 heteroatoms. The molecule has 2 N–H and O–H groups in total.